The van der Waals surface area contributed by atoms with Crippen LogP contribution in [0, 0.1) is 29.1 Å². The van der Waals surface area contributed by atoms with Crippen LogP contribution in [0.25, 0.3) is 0 Å². The van der Waals surface area contributed by atoms with E-state index in [9.17, 15) is 4.79 Å². The quantitative estimate of drug-likeness (QED) is 0.732. The molecule has 4 rings (SSSR count). The molecule has 0 amide bonds. The molecule has 1 saturated carbocycles. The molecule has 1 aromatic rings. The Morgan fingerprint density at radius 3 is 2.65 bits per heavy atom. The number of fused-ring (bicyclic) bond motifs is 2. The third-order valence-corrected chi connectivity index (χ3v) is 7.22. The fraction of sp³-hybridized carbons (Fsp3) is 0.696. The normalized spacial score (nSPS) is 39.4. The number of hydrogen-bond acceptors (Lipinski definition) is 3. The van der Waals surface area contributed by atoms with E-state index in [2.05, 4.69) is 52.0 Å². The van der Waals surface area contributed by atoms with Crippen LogP contribution < -0.4 is 0 Å². The standard InChI is InChI=1S/C23H32O3/c1-14(2)18-10-9-15(3)11-20(18)25-22-23(4)13-17-8-6-5-7-16(17)12-19(23)21(24)26-22/h5-8,14-15,18-20,22H,9-13H2,1-4H3/t15-,18+,19-,20-,22-,23-/m1/s1. The molecule has 0 N–H and O–H groups in total. The van der Waals surface area contributed by atoms with E-state index in [1.165, 1.54) is 24.0 Å². The van der Waals surface area contributed by atoms with Crippen molar-refractivity contribution in [2.75, 3.05) is 0 Å². The van der Waals surface area contributed by atoms with Crippen molar-refractivity contribution in [3.05, 3.63) is 35.4 Å². The van der Waals surface area contributed by atoms with Gasteiger partial charge in [-0.15, -0.1) is 0 Å². The number of carbonyl (C=O) groups excluding carboxylic acids is 1. The molecular formula is C23H32O3. The van der Waals surface area contributed by atoms with E-state index >= 15 is 0 Å². The number of ether oxygens (including phenoxy) is 2. The Hall–Kier alpha value is -1.35. The van der Waals surface area contributed by atoms with Crippen LogP contribution in [0.2, 0.25) is 0 Å². The van der Waals surface area contributed by atoms with Crippen molar-refractivity contribution in [3.63, 3.8) is 0 Å². The lowest BCUT2D eigenvalue weighted by Gasteiger charge is -2.42. The molecule has 3 heteroatoms. The van der Waals surface area contributed by atoms with Crippen LogP contribution in [-0.4, -0.2) is 18.4 Å². The van der Waals surface area contributed by atoms with Gasteiger partial charge in [0.2, 0.25) is 6.29 Å². The Morgan fingerprint density at radius 2 is 1.92 bits per heavy atom. The number of rotatable bonds is 3. The minimum atomic E-state index is -0.412. The summed E-state index contributed by atoms with van der Waals surface area (Å²) in [6.07, 6.45) is 5.00. The summed E-state index contributed by atoms with van der Waals surface area (Å²) >= 11 is 0. The average Bonchev–Trinajstić information content (AvgIpc) is 2.83. The molecule has 0 bridgehead atoms. The van der Waals surface area contributed by atoms with Crippen molar-refractivity contribution in [3.8, 4) is 0 Å². The second kappa shape index (κ2) is 6.67. The van der Waals surface area contributed by atoms with E-state index in [-0.39, 0.29) is 23.4 Å². The first kappa shape index (κ1) is 18.0. The van der Waals surface area contributed by atoms with Gasteiger partial charge in [0, 0.05) is 5.41 Å². The SMILES string of the molecule is CC(C)[C@@H]1CC[C@@H](C)C[C@H]1O[C@@H]1OC(=O)[C@H]2Cc3ccccc3C[C@@]12C. The summed E-state index contributed by atoms with van der Waals surface area (Å²) in [5.41, 5.74) is 2.38. The molecule has 3 aliphatic rings. The predicted octanol–water partition coefficient (Wildman–Crippen LogP) is 4.77. The minimum Gasteiger partial charge on any atom is -0.435 e. The highest BCUT2D eigenvalue weighted by molar-refractivity contribution is 5.77. The van der Waals surface area contributed by atoms with Crippen LogP contribution in [0.1, 0.15) is 58.1 Å². The molecule has 1 heterocycles. The number of cyclic esters (lactones) is 1. The Morgan fingerprint density at radius 1 is 1.19 bits per heavy atom. The van der Waals surface area contributed by atoms with Crippen molar-refractivity contribution in [1.29, 1.82) is 0 Å². The maximum absolute atomic E-state index is 12.7. The van der Waals surface area contributed by atoms with Gasteiger partial charge in [-0.05, 0) is 54.6 Å². The van der Waals surface area contributed by atoms with Gasteiger partial charge in [-0.1, -0.05) is 58.4 Å². The molecule has 0 radical (unpaired) electrons. The summed E-state index contributed by atoms with van der Waals surface area (Å²) in [6.45, 7) is 9.09. The molecule has 1 saturated heterocycles. The smallest absolute Gasteiger partial charge is 0.312 e. The summed E-state index contributed by atoms with van der Waals surface area (Å²) in [4.78, 5) is 12.7. The van der Waals surface area contributed by atoms with Crippen LogP contribution in [-0.2, 0) is 27.1 Å². The fourth-order valence-corrected chi connectivity index (χ4v) is 5.45. The first-order chi connectivity index (χ1) is 12.4. The van der Waals surface area contributed by atoms with E-state index in [0.29, 0.717) is 17.8 Å². The van der Waals surface area contributed by atoms with Gasteiger partial charge in [0.25, 0.3) is 0 Å². The van der Waals surface area contributed by atoms with Gasteiger partial charge in [-0.2, -0.15) is 0 Å². The molecule has 1 aliphatic heterocycles. The average molecular weight is 357 g/mol. The van der Waals surface area contributed by atoms with Crippen molar-refractivity contribution in [2.24, 2.45) is 29.1 Å². The number of benzene rings is 1. The Bertz CT molecular complexity index is 682. The molecule has 6 atom stereocenters. The largest absolute Gasteiger partial charge is 0.435 e. The lowest BCUT2D eigenvalue weighted by molar-refractivity contribution is -0.211. The van der Waals surface area contributed by atoms with Gasteiger partial charge in [0.15, 0.2) is 0 Å². The maximum atomic E-state index is 12.7. The van der Waals surface area contributed by atoms with Crippen LogP contribution in [0.4, 0.5) is 0 Å². The molecule has 1 aromatic carbocycles. The van der Waals surface area contributed by atoms with Gasteiger partial charge in [-0.25, -0.2) is 0 Å². The van der Waals surface area contributed by atoms with Gasteiger partial charge in [0.05, 0.1) is 12.0 Å². The second-order valence-corrected chi connectivity index (χ2v) is 9.48. The van der Waals surface area contributed by atoms with Gasteiger partial charge < -0.3 is 9.47 Å². The zero-order valence-corrected chi connectivity index (χ0v) is 16.5. The molecule has 0 aromatic heterocycles. The Kier molecular flexibility index (Phi) is 4.63. The summed E-state index contributed by atoms with van der Waals surface area (Å²) < 4.78 is 12.5. The zero-order valence-electron chi connectivity index (χ0n) is 16.5. The highest BCUT2D eigenvalue weighted by atomic mass is 16.7. The van der Waals surface area contributed by atoms with Crippen molar-refractivity contribution < 1.29 is 14.3 Å². The molecule has 0 spiro atoms. The lowest BCUT2D eigenvalue weighted by atomic mass is 9.66. The highest BCUT2D eigenvalue weighted by Gasteiger charge is 2.57. The summed E-state index contributed by atoms with van der Waals surface area (Å²) in [6, 6.07) is 8.49. The second-order valence-electron chi connectivity index (χ2n) is 9.48. The highest BCUT2D eigenvalue weighted by Crippen LogP contribution is 2.50. The topological polar surface area (TPSA) is 35.5 Å². The molecule has 2 fully saturated rings. The van der Waals surface area contributed by atoms with Crippen LogP contribution in [0.3, 0.4) is 0 Å². The van der Waals surface area contributed by atoms with E-state index in [1.807, 2.05) is 0 Å². The number of esters is 1. The third-order valence-electron chi connectivity index (χ3n) is 7.22. The summed E-state index contributed by atoms with van der Waals surface area (Å²) in [5, 5.41) is 0. The zero-order chi connectivity index (χ0) is 18.5. The van der Waals surface area contributed by atoms with E-state index in [4.69, 9.17) is 9.47 Å². The molecule has 2 aliphatic carbocycles. The molecular weight excluding hydrogens is 324 g/mol. The minimum absolute atomic E-state index is 0.0723. The predicted molar refractivity (Wildman–Crippen MR) is 102 cm³/mol. The number of hydrogen-bond donors (Lipinski definition) is 0. The molecule has 3 nitrogen and oxygen atoms in total. The van der Waals surface area contributed by atoms with Crippen molar-refractivity contribution in [2.45, 2.75) is 72.2 Å². The Balaban J connectivity index is 1.58. The molecule has 142 valence electrons. The van der Waals surface area contributed by atoms with Crippen LogP contribution in [0.15, 0.2) is 24.3 Å². The molecule has 26 heavy (non-hydrogen) atoms. The van der Waals surface area contributed by atoms with E-state index < -0.39 is 6.29 Å². The lowest BCUT2D eigenvalue weighted by Crippen LogP contribution is -2.45. The summed E-state index contributed by atoms with van der Waals surface area (Å²) in [7, 11) is 0. The summed E-state index contributed by atoms with van der Waals surface area (Å²) in [5.74, 6) is 1.68. The van der Waals surface area contributed by atoms with Crippen LogP contribution >= 0.6 is 0 Å². The van der Waals surface area contributed by atoms with Crippen LogP contribution in [0.5, 0.6) is 0 Å². The monoisotopic (exact) mass is 356 g/mol. The molecule has 0 unspecified atom stereocenters. The van der Waals surface area contributed by atoms with Crippen molar-refractivity contribution in [1.82, 2.24) is 0 Å². The number of carbonyl (C=O) groups is 1. The maximum Gasteiger partial charge on any atom is 0.312 e. The van der Waals surface area contributed by atoms with Gasteiger partial charge in [0.1, 0.15) is 0 Å². The van der Waals surface area contributed by atoms with E-state index in [1.54, 1.807) is 0 Å². The first-order valence-electron chi connectivity index (χ1n) is 10.3. The van der Waals surface area contributed by atoms with Gasteiger partial charge >= 0.3 is 5.97 Å². The van der Waals surface area contributed by atoms with E-state index in [0.717, 1.165) is 19.3 Å². The van der Waals surface area contributed by atoms with Gasteiger partial charge in [-0.3, -0.25) is 4.79 Å². The van der Waals surface area contributed by atoms with Crippen molar-refractivity contribution >= 4 is 5.97 Å². The fourth-order valence-electron chi connectivity index (χ4n) is 5.45. The first-order valence-corrected chi connectivity index (χ1v) is 10.3. The third kappa shape index (κ3) is 2.98. The Labute approximate surface area is 157 Å².